The Morgan fingerprint density at radius 1 is 0.969 bits per heavy atom. The van der Waals surface area contributed by atoms with Crippen molar-refractivity contribution in [2.24, 2.45) is 0 Å². The minimum Gasteiger partial charge on any atom is -0.457 e. The summed E-state index contributed by atoms with van der Waals surface area (Å²) in [5.74, 6) is 1.10. The van der Waals surface area contributed by atoms with Gasteiger partial charge in [0.2, 0.25) is 0 Å². The summed E-state index contributed by atoms with van der Waals surface area (Å²) in [5.41, 5.74) is 1.49. The van der Waals surface area contributed by atoms with Gasteiger partial charge in [-0.3, -0.25) is 15.1 Å². The van der Waals surface area contributed by atoms with Crippen molar-refractivity contribution in [3.63, 3.8) is 0 Å². The van der Waals surface area contributed by atoms with Gasteiger partial charge >= 0.3 is 6.03 Å². The van der Waals surface area contributed by atoms with Crippen molar-refractivity contribution in [1.29, 1.82) is 0 Å². The van der Waals surface area contributed by atoms with Gasteiger partial charge in [0.15, 0.2) is 0 Å². The monoisotopic (exact) mass is 447 g/mol. The molecule has 4 rings (SSSR count). The molecule has 0 saturated heterocycles. The van der Waals surface area contributed by atoms with Crippen molar-refractivity contribution < 1.29 is 14.3 Å². The van der Waals surface area contributed by atoms with Crippen LogP contribution in [0.2, 0.25) is 5.02 Å². The van der Waals surface area contributed by atoms with Gasteiger partial charge in [-0.05, 0) is 54.6 Å². The van der Waals surface area contributed by atoms with Crippen LogP contribution >= 0.6 is 11.6 Å². The molecule has 0 fully saturated rings. The molecule has 2 aromatic heterocycles. The Morgan fingerprint density at radius 3 is 2.56 bits per heavy atom. The standard InChI is InChI=1S/C23H18ClN5O3/c1-25-22(30)19-13-16(11-12-26-19)32-20-4-2-3-18-17(20)9-10-21(28-18)29-23(31)27-15-7-5-14(24)6-8-15/h2-13H,1H3,(H,25,30)(H2,27,28,29,31). The smallest absolute Gasteiger partial charge is 0.324 e. The van der Waals surface area contributed by atoms with E-state index in [1.165, 1.54) is 13.2 Å². The summed E-state index contributed by atoms with van der Waals surface area (Å²) < 4.78 is 5.97. The van der Waals surface area contributed by atoms with Crippen molar-refractivity contribution in [1.82, 2.24) is 15.3 Å². The number of ether oxygens (including phenoxy) is 1. The molecule has 2 heterocycles. The number of hydrogen-bond acceptors (Lipinski definition) is 5. The number of carbonyl (C=O) groups excluding carboxylic acids is 2. The van der Waals surface area contributed by atoms with E-state index in [1.807, 2.05) is 6.07 Å². The molecule has 0 atom stereocenters. The molecule has 9 heteroatoms. The summed E-state index contributed by atoms with van der Waals surface area (Å²) in [4.78, 5) is 32.6. The number of rotatable bonds is 5. The summed E-state index contributed by atoms with van der Waals surface area (Å²) in [6.07, 6.45) is 1.50. The topological polar surface area (TPSA) is 105 Å². The number of hydrogen-bond donors (Lipinski definition) is 3. The number of benzene rings is 2. The van der Waals surface area contributed by atoms with Gasteiger partial charge in [0.05, 0.1) is 5.52 Å². The highest BCUT2D eigenvalue weighted by Gasteiger charge is 2.10. The highest BCUT2D eigenvalue weighted by Crippen LogP contribution is 2.30. The number of carbonyl (C=O) groups is 2. The number of nitrogens with zero attached hydrogens (tertiary/aromatic N) is 2. The third-order valence-electron chi connectivity index (χ3n) is 4.45. The lowest BCUT2D eigenvalue weighted by Gasteiger charge is -2.11. The molecule has 0 spiro atoms. The Hall–Kier alpha value is -4.17. The van der Waals surface area contributed by atoms with Crippen LogP contribution in [-0.4, -0.2) is 29.0 Å². The van der Waals surface area contributed by atoms with E-state index in [0.29, 0.717) is 33.5 Å². The zero-order valence-corrected chi connectivity index (χ0v) is 17.7. The lowest BCUT2D eigenvalue weighted by molar-refractivity contribution is 0.0958. The lowest BCUT2D eigenvalue weighted by atomic mass is 10.2. The van der Waals surface area contributed by atoms with Crippen LogP contribution < -0.4 is 20.7 Å². The van der Waals surface area contributed by atoms with Crippen LogP contribution in [0.4, 0.5) is 16.3 Å². The van der Waals surface area contributed by atoms with E-state index in [1.54, 1.807) is 60.7 Å². The number of halogens is 1. The predicted octanol–water partition coefficient (Wildman–Crippen LogP) is 5.08. The van der Waals surface area contributed by atoms with Gasteiger partial charge in [-0.25, -0.2) is 9.78 Å². The van der Waals surface area contributed by atoms with Gasteiger partial charge in [0.25, 0.3) is 5.91 Å². The second-order valence-corrected chi connectivity index (χ2v) is 7.10. The molecule has 32 heavy (non-hydrogen) atoms. The average Bonchev–Trinajstić information content (AvgIpc) is 2.80. The van der Waals surface area contributed by atoms with Crippen LogP contribution in [0.25, 0.3) is 10.9 Å². The zero-order valence-electron chi connectivity index (χ0n) is 16.9. The van der Waals surface area contributed by atoms with E-state index in [2.05, 4.69) is 25.9 Å². The van der Waals surface area contributed by atoms with E-state index >= 15 is 0 Å². The fourth-order valence-electron chi connectivity index (χ4n) is 2.95. The van der Waals surface area contributed by atoms with E-state index < -0.39 is 6.03 Å². The summed E-state index contributed by atoms with van der Waals surface area (Å²) >= 11 is 5.86. The fourth-order valence-corrected chi connectivity index (χ4v) is 3.08. The molecule has 0 unspecified atom stereocenters. The predicted molar refractivity (Wildman–Crippen MR) is 124 cm³/mol. The van der Waals surface area contributed by atoms with Crippen molar-refractivity contribution in [2.45, 2.75) is 0 Å². The largest absolute Gasteiger partial charge is 0.457 e. The SMILES string of the molecule is CNC(=O)c1cc(Oc2cccc3nc(NC(=O)Nc4ccc(Cl)cc4)ccc23)ccn1. The molecular formula is C23H18ClN5O3. The number of pyridine rings is 2. The molecule has 8 nitrogen and oxygen atoms in total. The fraction of sp³-hybridized carbons (Fsp3) is 0.0435. The maximum Gasteiger partial charge on any atom is 0.324 e. The molecule has 0 aliphatic rings. The number of anilines is 2. The third kappa shape index (κ3) is 4.93. The highest BCUT2D eigenvalue weighted by molar-refractivity contribution is 6.30. The van der Waals surface area contributed by atoms with E-state index in [0.717, 1.165) is 5.39 Å². The van der Waals surface area contributed by atoms with Crippen molar-refractivity contribution in [2.75, 3.05) is 17.7 Å². The lowest BCUT2D eigenvalue weighted by Crippen LogP contribution is -2.20. The molecule has 160 valence electrons. The minimum atomic E-state index is -0.426. The first kappa shape index (κ1) is 21.1. The van der Waals surface area contributed by atoms with Gasteiger partial charge in [0, 0.05) is 35.4 Å². The van der Waals surface area contributed by atoms with Gasteiger partial charge in [-0.15, -0.1) is 0 Å². The number of urea groups is 1. The van der Waals surface area contributed by atoms with Crippen molar-refractivity contribution >= 4 is 45.9 Å². The first-order chi connectivity index (χ1) is 15.5. The maximum atomic E-state index is 12.3. The molecule has 0 aliphatic carbocycles. The minimum absolute atomic E-state index is 0.251. The Kier molecular flexibility index (Phi) is 6.14. The van der Waals surface area contributed by atoms with Crippen LogP contribution in [0.15, 0.2) is 72.9 Å². The molecule has 2 aromatic carbocycles. The Balaban J connectivity index is 1.51. The van der Waals surface area contributed by atoms with Crippen LogP contribution in [0.1, 0.15) is 10.5 Å². The summed E-state index contributed by atoms with van der Waals surface area (Å²) in [7, 11) is 1.54. The summed E-state index contributed by atoms with van der Waals surface area (Å²) in [6, 6.07) is 18.5. The molecular weight excluding hydrogens is 430 g/mol. The Bertz CT molecular complexity index is 1290. The normalized spacial score (nSPS) is 10.4. The molecule has 4 aromatic rings. The Morgan fingerprint density at radius 2 is 1.78 bits per heavy atom. The molecule has 0 bridgehead atoms. The molecule has 0 radical (unpaired) electrons. The van der Waals surface area contributed by atoms with E-state index in [-0.39, 0.29) is 11.6 Å². The number of nitrogens with one attached hydrogen (secondary N) is 3. The first-order valence-corrected chi connectivity index (χ1v) is 9.99. The molecule has 3 N–H and O–H groups in total. The molecule has 0 aliphatic heterocycles. The van der Waals surface area contributed by atoms with E-state index in [9.17, 15) is 9.59 Å². The number of amides is 3. The Labute approximate surface area is 188 Å². The quantitative estimate of drug-likeness (QED) is 0.395. The third-order valence-corrected chi connectivity index (χ3v) is 4.71. The number of fused-ring (bicyclic) bond motifs is 1. The average molecular weight is 448 g/mol. The van der Waals surface area contributed by atoms with Crippen molar-refractivity contribution in [3.8, 4) is 11.5 Å². The summed E-state index contributed by atoms with van der Waals surface area (Å²) in [5, 5.41) is 9.28. The second-order valence-electron chi connectivity index (χ2n) is 6.66. The first-order valence-electron chi connectivity index (χ1n) is 9.61. The van der Waals surface area contributed by atoms with Crippen molar-refractivity contribution in [3.05, 3.63) is 83.6 Å². The van der Waals surface area contributed by atoms with Gasteiger partial charge in [0.1, 0.15) is 23.0 Å². The molecule has 3 amide bonds. The molecule has 0 saturated carbocycles. The van der Waals surface area contributed by atoms with E-state index in [4.69, 9.17) is 16.3 Å². The maximum absolute atomic E-state index is 12.3. The zero-order chi connectivity index (χ0) is 22.5. The van der Waals surface area contributed by atoms with Crippen LogP contribution in [-0.2, 0) is 0 Å². The highest BCUT2D eigenvalue weighted by atomic mass is 35.5. The number of aromatic nitrogens is 2. The van der Waals surface area contributed by atoms with Gasteiger partial charge in [-0.1, -0.05) is 17.7 Å². The van der Waals surface area contributed by atoms with Crippen LogP contribution in [0.3, 0.4) is 0 Å². The second kappa shape index (κ2) is 9.32. The van der Waals surface area contributed by atoms with Gasteiger partial charge < -0.3 is 15.4 Å². The van der Waals surface area contributed by atoms with Gasteiger partial charge in [-0.2, -0.15) is 0 Å². The van der Waals surface area contributed by atoms with Crippen LogP contribution in [0, 0.1) is 0 Å². The van der Waals surface area contributed by atoms with Crippen LogP contribution in [0.5, 0.6) is 11.5 Å². The summed E-state index contributed by atoms with van der Waals surface area (Å²) in [6.45, 7) is 0.